The van der Waals surface area contributed by atoms with Crippen LogP contribution in [0.3, 0.4) is 0 Å². The van der Waals surface area contributed by atoms with Gasteiger partial charge >= 0.3 is 0 Å². The fourth-order valence-electron chi connectivity index (χ4n) is 5.45. The molecular weight excluding hydrogens is 574 g/mol. The van der Waals surface area contributed by atoms with Crippen LogP contribution in [0.15, 0.2) is 84.9 Å². The number of nitrogens with zero attached hydrogens (tertiary/aromatic N) is 2. The number of halogens is 4. The van der Waals surface area contributed by atoms with E-state index < -0.39 is 11.6 Å². The van der Waals surface area contributed by atoms with Crippen LogP contribution in [-0.2, 0) is 12.0 Å². The molecule has 5 rings (SSSR count). The van der Waals surface area contributed by atoms with Crippen molar-refractivity contribution in [3.63, 3.8) is 0 Å². The van der Waals surface area contributed by atoms with Crippen molar-refractivity contribution in [1.82, 2.24) is 20.2 Å². The molecule has 1 aromatic heterocycles. The van der Waals surface area contributed by atoms with E-state index in [1.54, 1.807) is 0 Å². The molecule has 0 amide bonds. The molecule has 9 heteroatoms. The van der Waals surface area contributed by atoms with Crippen molar-refractivity contribution in [3.05, 3.63) is 112 Å². The number of aliphatic hydroxyl groups excluding tert-OH is 1. The van der Waals surface area contributed by atoms with Crippen LogP contribution < -0.4 is 5.32 Å². The highest BCUT2D eigenvalue weighted by molar-refractivity contribution is 6.30. The molecule has 3 N–H and O–H groups in total. The van der Waals surface area contributed by atoms with Crippen molar-refractivity contribution in [2.75, 3.05) is 26.2 Å². The minimum atomic E-state index is -0.743. The lowest BCUT2D eigenvalue weighted by molar-refractivity contribution is 0.0148. The van der Waals surface area contributed by atoms with E-state index in [4.69, 9.17) is 16.6 Å². The molecule has 39 heavy (non-hydrogen) atoms. The third kappa shape index (κ3) is 7.56. The van der Waals surface area contributed by atoms with Gasteiger partial charge in [-0.3, -0.25) is 4.90 Å². The Balaban J connectivity index is 0.00000178. The molecule has 210 valence electrons. The van der Waals surface area contributed by atoms with E-state index in [-0.39, 0.29) is 37.2 Å². The van der Waals surface area contributed by atoms with E-state index in [0.717, 1.165) is 55.2 Å². The Labute approximate surface area is 254 Å². The molecule has 0 radical (unpaired) electrons. The number of aliphatic hydroxyl groups is 1. The molecule has 5 nitrogen and oxygen atoms in total. The number of hydrogen-bond acceptors (Lipinski definition) is 4. The predicted molar refractivity (Wildman–Crippen MR) is 168 cm³/mol. The third-order valence-electron chi connectivity index (χ3n) is 7.26. The highest BCUT2D eigenvalue weighted by atomic mass is 35.5. The van der Waals surface area contributed by atoms with Crippen LogP contribution in [0.5, 0.6) is 0 Å². The summed E-state index contributed by atoms with van der Waals surface area (Å²) in [7, 11) is 0. The maximum absolute atomic E-state index is 11.8. The predicted octanol–water partition coefficient (Wildman–Crippen LogP) is 6.77. The van der Waals surface area contributed by atoms with E-state index in [0.29, 0.717) is 17.1 Å². The molecule has 0 bridgehead atoms. The van der Waals surface area contributed by atoms with Gasteiger partial charge in [0.2, 0.25) is 0 Å². The van der Waals surface area contributed by atoms with Crippen molar-refractivity contribution >= 4 is 48.8 Å². The summed E-state index contributed by atoms with van der Waals surface area (Å²) in [6.07, 6.45) is 0.554. The lowest BCUT2D eigenvalue weighted by Gasteiger charge is -2.47. The largest absolute Gasteiger partial charge is 0.387 e. The maximum Gasteiger partial charge on any atom is 0.137 e. The number of hydrogen-bond donors (Lipinski definition) is 3. The smallest absolute Gasteiger partial charge is 0.137 e. The van der Waals surface area contributed by atoms with Gasteiger partial charge in [0.25, 0.3) is 0 Å². The van der Waals surface area contributed by atoms with Crippen LogP contribution in [0, 0.1) is 6.92 Å². The lowest BCUT2D eigenvalue weighted by Crippen LogP contribution is -2.56. The van der Waals surface area contributed by atoms with Crippen LogP contribution in [0.4, 0.5) is 0 Å². The quantitative estimate of drug-likeness (QED) is 0.206. The lowest BCUT2D eigenvalue weighted by atomic mass is 9.77. The number of aromatic amines is 1. The Morgan fingerprint density at radius 1 is 0.897 bits per heavy atom. The summed E-state index contributed by atoms with van der Waals surface area (Å²) in [6.45, 7) is 5.62. The molecule has 0 spiro atoms. The zero-order chi connectivity index (χ0) is 25.0. The number of aryl methyl sites for hydroxylation is 1. The number of piperazine rings is 1. The summed E-state index contributed by atoms with van der Waals surface area (Å²) in [4.78, 5) is 10.8. The van der Waals surface area contributed by atoms with Gasteiger partial charge in [-0.15, -0.1) is 37.2 Å². The maximum atomic E-state index is 11.8. The normalized spacial score (nSPS) is 15.7. The van der Waals surface area contributed by atoms with Crippen molar-refractivity contribution in [3.8, 4) is 11.4 Å². The Morgan fingerprint density at radius 3 is 2.10 bits per heavy atom. The van der Waals surface area contributed by atoms with Crippen LogP contribution in [0.1, 0.15) is 35.0 Å². The summed E-state index contributed by atoms with van der Waals surface area (Å²) in [5, 5.41) is 16.0. The summed E-state index contributed by atoms with van der Waals surface area (Å²) in [6, 6.07) is 28.8. The molecule has 2 atom stereocenters. The molecule has 4 aromatic rings. The fourth-order valence-corrected chi connectivity index (χ4v) is 5.58. The first-order valence-electron chi connectivity index (χ1n) is 12.6. The monoisotopic (exact) mass is 608 g/mol. The second kappa shape index (κ2) is 15.1. The Kier molecular flexibility index (Phi) is 12.8. The summed E-state index contributed by atoms with van der Waals surface area (Å²) >= 11 is 6.30. The molecule has 1 aliphatic heterocycles. The van der Waals surface area contributed by atoms with E-state index >= 15 is 0 Å². The molecule has 1 fully saturated rings. The van der Waals surface area contributed by atoms with Gasteiger partial charge in [-0.05, 0) is 36.6 Å². The first-order valence-corrected chi connectivity index (χ1v) is 13.0. The van der Waals surface area contributed by atoms with Crippen molar-refractivity contribution in [1.29, 1.82) is 0 Å². The molecule has 0 aliphatic carbocycles. The van der Waals surface area contributed by atoms with Crippen molar-refractivity contribution < 1.29 is 5.11 Å². The molecule has 2 heterocycles. The molecule has 0 saturated carbocycles. The van der Waals surface area contributed by atoms with E-state index in [2.05, 4.69) is 51.6 Å². The van der Waals surface area contributed by atoms with E-state index in [1.807, 2.05) is 55.5 Å². The topological polar surface area (TPSA) is 64.2 Å². The average molecular weight is 610 g/mol. The minimum absolute atomic E-state index is 0. The molecule has 1 aliphatic rings. The van der Waals surface area contributed by atoms with E-state index in [9.17, 15) is 5.11 Å². The Hall–Kier alpha value is -2.09. The first-order chi connectivity index (χ1) is 17.5. The van der Waals surface area contributed by atoms with Gasteiger partial charge in [-0.2, -0.15) is 0 Å². The number of nitrogens with one attached hydrogen (secondary N) is 2. The van der Waals surface area contributed by atoms with Gasteiger partial charge in [0, 0.05) is 48.9 Å². The van der Waals surface area contributed by atoms with E-state index in [1.165, 1.54) is 5.56 Å². The third-order valence-corrected chi connectivity index (χ3v) is 7.51. The molecule has 2 unspecified atom stereocenters. The number of imidazole rings is 1. The SMILES string of the molecule is Cc1[nH]c(-c2ccccc2)nc1C(O)CC(Cc1ccccc1)(c1ccc(Cl)cc1)N1CCNCC1.Cl.Cl.Cl. The highest BCUT2D eigenvalue weighted by Crippen LogP contribution is 2.41. The summed E-state index contributed by atoms with van der Waals surface area (Å²) in [5.41, 5.74) is 4.58. The van der Waals surface area contributed by atoms with Gasteiger partial charge in [0.05, 0.1) is 17.3 Å². The summed E-state index contributed by atoms with van der Waals surface area (Å²) < 4.78 is 0. The molecule has 3 aromatic carbocycles. The Morgan fingerprint density at radius 2 is 1.49 bits per heavy atom. The van der Waals surface area contributed by atoms with Crippen LogP contribution >= 0.6 is 48.8 Å². The number of benzene rings is 3. The number of H-pyrrole nitrogens is 1. The van der Waals surface area contributed by atoms with Crippen LogP contribution in [0.2, 0.25) is 5.02 Å². The van der Waals surface area contributed by atoms with Crippen LogP contribution in [-0.4, -0.2) is 46.2 Å². The van der Waals surface area contributed by atoms with Gasteiger partial charge in [-0.1, -0.05) is 84.4 Å². The zero-order valence-corrected chi connectivity index (χ0v) is 25.1. The zero-order valence-electron chi connectivity index (χ0n) is 21.8. The second-order valence-corrected chi connectivity index (χ2v) is 10.1. The standard InChI is InChI=1S/C30H33ClN4O.3ClH/c1-22-28(34-29(33-22)24-10-6-3-7-11-24)27(36)21-30(35-18-16-32-17-19-35,20-23-8-4-2-5-9-23)25-12-14-26(31)15-13-25;;;/h2-15,27,32,36H,16-21H2,1H3,(H,33,34);3*1H. The van der Waals surface area contributed by atoms with Crippen molar-refractivity contribution in [2.45, 2.75) is 31.4 Å². The Bertz CT molecular complexity index is 1270. The number of rotatable bonds is 8. The molecular formula is C30H36Cl4N4O. The summed E-state index contributed by atoms with van der Waals surface area (Å²) in [5.74, 6) is 0.782. The van der Waals surface area contributed by atoms with Crippen molar-refractivity contribution in [2.24, 2.45) is 0 Å². The minimum Gasteiger partial charge on any atom is -0.387 e. The van der Waals surface area contributed by atoms with Gasteiger partial charge in [-0.25, -0.2) is 4.98 Å². The van der Waals surface area contributed by atoms with Gasteiger partial charge in [0.15, 0.2) is 0 Å². The fraction of sp³-hybridized carbons (Fsp3) is 0.300. The van der Waals surface area contributed by atoms with Gasteiger partial charge in [0.1, 0.15) is 5.82 Å². The number of aromatic nitrogens is 2. The molecule has 1 saturated heterocycles. The first kappa shape index (κ1) is 33.1. The van der Waals surface area contributed by atoms with Gasteiger partial charge < -0.3 is 15.4 Å². The van der Waals surface area contributed by atoms with Crippen LogP contribution in [0.25, 0.3) is 11.4 Å². The second-order valence-electron chi connectivity index (χ2n) is 9.62. The highest BCUT2D eigenvalue weighted by Gasteiger charge is 2.42. The average Bonchev–Trinajstić information content (AvgIpc) is 3.32.